The number of benzene rings is 2. The SMILES string of the molecule is C=C(C)C(C)C/C(=C/C)c1c(-c2ccccc2)ccc(N)c1C. The highest BCUT2D eigenvalue weighted by Gasteiger charge is 2.16. The highest BCUT2D eigenvalue weighted by atomic mass is 14.6. The van der Waals surface area contributed by atoms with E-state index in [1.54, 1.807) is 0 Å². The van der Waals surface area contributed by atoms with Crippen molar-refractivity contribution in [3.05, 3.63) is 71.8 Å². The van der Waals surface area contributed by atoms with Gasteiger partial charge in [-0.05, 0) is 67.0 Å². The molecule has 0 spiro atoms. The predicted octanol–water partition coefficient (Wildman–Crippen LogP) is 6.25. The first-order chi connectivity index (χ1) is 11.0. The minimum atomic E-state index is 0.450. The van der Waals surface area contributed by atoms with Crippen LogP contribution in [-0.2, 0) is 0 Å². The number of anilines is 1. The highest BCUT2D eigenvalue weighted by molar-refractivity contribution is 5.86. The van der Waals surface area contributed by atoms with Crippen LogP contribution in [0.5, 0.6) is 0 Å². The summed E-state index contributed by atoms with van der Waals surface area (Å²) in [5.74, 6) is 0.450. The van der Waals surface area contributed by atoms with E-state index >= 15 is 0 Å². The summed E-state index contributed by atoms with van der Waals surface area (Å²) < 4.78 is 0. The average molecular weight is 305 g/mol. The zero-order chi connectivity index (χ0) is 17.0. The highest BCUT2D eigenvalue weighted by Crippen LogP contribution is 2.37. The van der Waals surface area contributed by atoms with E-state index in [2.05, 4.69) is 70.7 Å². The quantitative estimate of drug-likeness (QED) is 0.513. The van der Waals surface area contributed by atoms with E-state index in [1.165, 1.54) is 27.8 Å². The molecule has 0 aliphatic rings. The Balaban J connectivity index is 2.59. The van der Waals surface area contributed by atoms with Crippen molar-refractivity contribution in [2.45, 2.75) is 34.1 Å². The van der Waals surface area contributed by atoms with E-state index in [4.69, 9.17) is 5.73 Å². The lowest BCUT2D eigenvalue weighted by atomic mass is 9.84. The number of hydrogen-bond acceptors (Lipinski definition) is 1. The molecule has 0 heterocycles. The largest absolute Gasteiger partial charge is 0.398 e. The van der Waals surface area contributed by atoms with Crippen LogP contribution in [-0.4, -0.2) is 0 Å². The molecular formula is C22H27N. The fraction of sp³-hybridized carbons (Fsp3) is 0.273. The Morgan fingerprint density at radius 3 is 2.39 bits per heavy atom. The molecule has 0 radical (unpaired) electrons. The monoisotopic (exact) mass is 305 g/mol. The van der Waals surface area contributed by atoms with Gasteiger partial charge in [0.25, 0.3) is 0 Å². The first-order valence-corrected chi connectivity index (χ1v) is 8.21. The molecule has 2 N–H and O–H groups in total. The third-order valence-corrected chi connectivity index (χ3v) is 4.63. The fourth-order valence-electron chi connectivity index (χ4n) is 2.87. The van der Waals surface area contributed by atoms with Crippen LogP contribution in [0.3, 0.4) is 0 Å². The minimum Gasteiger partial charge on any atom is -0.398 e. The summed E-state index contributed by atoms with van der Waals surface area (Å²) in [6, 6.07) is 14.7. The second kappa shape index (κ2) is 7.32. The predicted molar refractivity (Wildman–Crippen MR) is 103 cm³/mol. The van der Waals surface area contributed by atoms with Gasteiger partial charge in [-0.15, -0.1) is 0 Å². The van der Waals surface area contributed by atoms with Gasteiger partial charge in [-0.2, -0.15) is 0 Å². The lowest BCUT2D eigenvalue weighted by Gasteiger charge is -2.21. The van der Waals surface area contributed by atoms with Gasteiger partial charge in [-0.1, -0.05) is 61.5 Å². The molecule has 2 aromatic carbocycles. The Hall–Kier alpha value is -2.28. The summed E-state index contributed by atoms with van der Waals surface area (Å²) in [4.78, 5) is 0. The normalized spacial score (nSPS) is 13.0. The van der Waals surface area contributed by atoms with Gasteiger partial charge in [0, 0.05) is 5.69 Å². The van der Waals surface area contributed by atoms with Crippen LogP contribution in [0, 0.1) is 12.8 Å². The number of nitrogen functional groups attached to an aromatic ring is 1. The smallest absolute Gasteiger partial charge is 0.0350 e. The van der Waals surface area contributed by atoms with Crippen LogP contribution in [0.15, 0.2) is 60.7 Å². The summed E-state index contributed by atoms with van der Waals surface area (Å²) in [5.41, 5.74) is 14.5. The van der Waals surface area contributed by atoms with Crippen molar-refractivity contribution in [2.24, 2.45) is 5.92 Å². The standard InChI is InChI=1S/C22H27N/c1-6-18(14-16(4)15(2)3)22-17(5)21(23)13-12-20(22)19-10-8-7-9-11-19/h6-13,16H,2,14,23H2,1,3-5H3/b18-6-. The van der Waals surface area contributed by atoms with Crippen molar-refractivity contribution >= 4 is 11.3 Å². The molecule has 0 saturated heterocycles. The molecule has 2 rings (SSSR count). The Labute approximate surface area is 140 Å². The zero-order valence-corrected chi connectivity index (χ0v) is 14.7. The van der Waals surface area contributed by atoms with Crippen LogP contribution < -0.4 is 5.73 Å². The van der Waals surface area contributed by atoms with E-state index < -0.39 is 0 Å². The number of allylic oxidation sites excluding steroid dienone is 3. The third-order valence-electron chi connectivity index (χ3n) is 4.63. The van der Waals surface area contributed by atoms with Gasteiger partial charge >= 0.3 is 0 Å². The molecule has 0 aliphatic carbocycles. The van der Waals surface area contributed by atoms with Crippen molar-refractivity contribution < 1.29 is 0 Å². The van der Waals surface area contributed by atoms with Crippen LogP contribution in [0.25, 0.3) is 16.7 Å². The number of hydrogen-bond donors (Lipinski definition) is 1. The van der Waals surface area contributed by atoms with E-state index in [0.29, 0.717) is 5.92 Å². The van der Waals surface area contributed by atoms with Crippen LogP contribution in [0.4, 0.5) is 5.69 Å². The fourth-order valence-corrected chi connectivity index (χ4v) is 2.87. The van der Waals surface area contributed by atoms with Crippen molar-refractivity contribution in [1.82, 2.24) is 0 Å². The zero-order valence-electron chi connectivity index (χ0n) is 14.7. The van der Waals surface area contributed by atoms with Crippen molar-refractivity contribution in [3.8, 4) is 11.1 Å². The molecule has 0 fully saturated rings. The molecular weight excluding hydrogens is 278 g/mol. The molecule has 2 aromatic rings. The van der Waals surface area contributed by atoms with Crippen molar-refractivity contribution in [2.75, 3.05) is 5.73 Å². The van der Waals surface area contributed by atoms with Crippen LogP contribution in [0.1, 0.15) is 38.3 Å². The molecule has 120 valence electrons. The summed E-state index contributed by atoms with van der Waals surface area (Å²) in [5, 5.41) is 0. The minimum absolute atomic E-state index is 0.450. The van der Waals surface area contributed by atoms with E-state index in [9.17, 15) is 0 Å². The summed E-state index contributed by atoms with van der Waals surface area (Å²) in [6.45, 7) is 12.7. The van der Waals surface area contributed by atoms with E-state index in [-0.39, 0.29) is 0 Å². The summed E-state index contributed by atoms with van der Waals surface area (Å²) >= 11 is 0. The van der Waals surface area contributed by atoms with E-state index in [1.807, 2.05) is 12.1 Å². The Kier molecular flexibility index (Phi) is 5.44. The van der Waals surface area contributed by atoms with Gasteiger partial charge in [-0.3, -0.25) is 0 Å². The lowest BCUT2D eigenvalue weighted by molar-refractivity contribution is 0.707. The lowest BCUT2D eigenvalue weighted by Crippen LogP contribution is -2.03. The van der Waals surface area contributed by atoms with E-state index in [0.717, 1.165) is 17.7 Å². The number of rotatable bonds is 5. The van der Waals surface area contributed by atoms with Gasteiger partial charge in [0.2, 0.25) is 0 Å². The maximum absolute atomic E-state index is 6.21. The van der Waals surface area contributed by atoms with Gasteiger partial charge in [0.1, 0.15) is 0 Å². The van der Waals surface area contributed by atoms with Gasteiger partial charge in [0.15, 0.2) is 0 Å². The molecule has 1 nitrogen and oxygen atoms in total. The number of nitrogens with two attached hydrogens (primary N) is 1. The molecule has 0 aromatic heterocycles. The Bertz CT molecular complexity index is 723. The third kappa shape index (κ3) is 3.73. The molecule has 1 heteroatoms. The van der Waals surface area contributed by atoms with Crippen molar-refractivity contribution in [3.63, 3.8) is 0 Å². The second-order valence-electron chi connectivity index (χ2n) is 6.33. The first-order valence-electron chi connectivity index (χ1n) is 8.21. The van der Waals surface area contributed by atoms with Gasteiger partial charge in [0.05, 0.1) is 0 Å². The second-order valence-corrected chi connectivity index (χ2v) is 6.33. The molecule has 23 heavy (non-hydrogen) atoms. The summed E-state index contributed by atoms with van der Waals surface area (Å²) in [6.07, 6.45) is 3.20. The Morgan fingerprint density at radius 1 is 1.17 bits per heavy atom. The first kappa shape index (κ1) is 17.1. The van der Waals surface area contributed by atoms with Gasteiger partial charge < -0.3 is 5.73 Å². The molecule has 0 bridgehead atoms. The molecule has 0 aliphatic heterocycles. The molecule has 0 saturated carbocycles. The molecule has 0 amide bonds. The topological polar surface area (TPSA) is 26.0 Å². The van der Waals surface area contributed by atoms with Crippen molar-refractivity contribution in [1.29, 1.82) is 0 Å². The maximum atomic E-state index is 6.21. The average Bonchev–Trinajstić information content (AvgIpc) is 2.55. The van der Waals surface area contributed by atoms with Crippen LogP contribution >= 0.6 is 0 Å². The Morgan fingerprint density at radius 2 is 1.83 bits per heavy atom. The van der Waals surface area contributed by atoms with Gasteiger partial charge in [-0.25, -0.2) is 0 Å². The maximum Gasteiger partial charge on any atom is 0.0350 e. The molecule has 1 atom stereocenters. The summed E-state index contributed by atoms with van der Waals surface area (Å²) in [7, 11) is 0. The molecule has 1 unspecified atom stereocenters. The van der Waals surface area contributed by atoms with Crippen LogP contribution in [0.2, 0.25) is 0 Å².